The first-order chi connectivity index (χ1) is 24.8. The second-order valence-electron chi connectivity index (χ2n) is 12.9. The van der Waals surface area contributed by atoms with Crippen molar-refractivity contribution in [3.8, 4) is 22.3 Å². The molecule has 1 aromatic heterocycles. The van der Waals surface area contributed by atoms with Crippen LogP contribution < -0.4 is 4.90 Å². The van der Waals surface area contributed by atoms with Gasteiger partial charge in [-0.15, -0.1) is 11.3 Å². The van der Waals surface area contributed by atoms with Crippen molar-refractivity contribution in [3.63, 3.8) is 0 Å². The minimum absolute atomic E-state index is 1.12. The van der Waals surface area contributed by atoms with Gasteiger partial charge in [0.2, 0.25) is 0 Å². The van der Waals surface area contributed by atoms with Gasteiger partial charge in [-0.05, 0) is 104 Å². The van der Waals surface area contributed by atoms with Gasteiger partial charge in [0.25, 0.3) is 0 Å². The molecule has 0 amide bonds. The molecular weight excluding hydrogens is 623 g/mol. The highest BCUT2D eigenvalue weighted by atomic mass is 32.1. The summed E-state index contributed by atoms with van der Waals surface area (Å²) in [6.07, 6.45) is 0. The molecule has 0 saturated heterocycles. The largest absolute Gasteiger partial charge is 0.310 e. The average Bonchev–Trinajstić information content (AvgIpc) is 3.56. The summed E-state index contributed by atoms with van der Waals surface area (Å²) in [6, 6.07) is 68.8. The van der Waals surface area contributed by atoms with E-state index in [4.69, 9.17) is 0 Å². The molecule has 1 nitrogen and oxygen atoms in total. The summed E-state index contributed by atoms with van der Waals surface area (Å²) in [7, 11) is 0. The number of anilines is 3. The molecule has 10 rings (SSSR count). The zero-order valence-corrected chi connectivity index (χ0v) is 28.1. The number of benzene rings is 9. The van der Waals surface area contributed by atoms with Gasteiger partial charge in [0.05, 0.1) is 5.69 Å². The Labute approximate surface area is 294 Å². The summed E-state index contributed by atoms with van der Waals surface area (Å²) in [5, 5.41) is 10.2. The van der Waals surface area contributed by atoms with Crippen molar-refractivity contribution in [1.29, 1.82) is 0 Å². The summed E-state index contributed by atoms with van der Waals surface area (Å²) in [6.45, 7) is 0. The van der Waals surface area contributed by atoms with Crippen LogP contribution in [0.1, 0.15) is 0 Å². The molecule has 0 N–H and O–H groups in total. The van der Waals surface area contributed by atoms with Crippen LogP contribution in [-0.2, 0) is 0 Å². The van der Waals surface area contributed by atoms with E-state index in [2.05, 4.69) is 193 Å². The quantitative estimate of drug-likeness (QED) is 0.167. The van der Waals surface area contributed by atoms with Gasteiger partial charge in [0.1, 0.15) is 0 Å². The van der Waals surface area contributed by atoms with Gasteiger partial charge in [0.15, 0.2) is 0 Å². The number of nitrogens with zero attached hydrogens (tertiary/aromatic N) is 1. The van der Waals surface area contributed by atoms with Crippen LogP contribution >= 0.6 is 11.3 Å². The first-order valence-corrected chi connectivity index (χ1v) is 17.9. The highest BCUT2D eigenvalue weighted by Gasteiger charge is 2.19. The molecule has 0 bridgehead atoms. The number of hydrogen-bond acceptors (Lipinski definition) is 2. The van der Waals surface area contributed by atoms with Gasteiger partial charge < -0.3 is 4.90 Å². The minimum atomic E-state index is 1.12. The van der Waals surface area contributed by atoms with Crippen molar-refractivity contribution in [1.82, 2.24) is 0 Å². The highest BCUT2D eigenvalue weighted by Crippen LogP contribution is 2.45. The van der Waals surface area contributed by atoms with E-state index in [1.165, 1.54) is 74.7 Å². The molecule has 0 unspecified atom stereocenters. The van der Waals surface area contributed by atoms with Crippen molar-refractivity contribution < 1.29 is 0 Å². The van der Waals surface area contributed by atoms with Gasteiger partial charge in [-0.3, -0.25) is 0 Å². The Morgan fingerprint density at radius 3 is 1.80 bits per heavy atom. The SMILES string of the molecule is c1ccc(N(c2ccc(-c3cc4ccccc4c4ccccc34)cc2)c2ccc3sc4ccccc4c3c2)c(-c2ccc3ccccc3c2)c1. The third-order valence-corrected chi connectivity index (χ3v) is 11.2. The molecule has 0 saturated carbocycles. The second kappa shape index (κ2) is 11.7. The third kappa shape index (κ3) is 4.76. The fourth-order valence-electron chi connectivity index (χ4n) is 7.63. The molecule has 0 aliphatic carbocycles. The lowest BCUT2D eigenvalue weighted by molar-refractivity contribution is 1.29. The van der Waals surface area contributed by atoms with Crippen molar-refractivity contribution in [3.05, 3.63) is 188 Å². The van der Waals surface area contributed by atoms with E-state index in [0.717, 1.165) is 17.1 Å². The molecule has 0 spiro atoms. The van der Waals surface area contributed by atoms with Crippen LogP contribution in [-0.4, -0.2) is 0 Å². The normalized spacial score (nSPS) is 11.6. The zero-order valence-electron chi connectivity index (χ0n) is 27.3. The maximum atomic E-state index is 2.43. The maximum Gasteiger partial charge on any atom is 0.0540 e. The topological polar surface area (TPSA) is 3.24 Å². The van der Waals surface area contributed by atoms with Crippen molar-refractivity contribution >= 4 is 80.9 Å². The molecule has 0 atom stereocenters. The molecule has 2 heteroatoms. The van der Waals surface area contributed by atoms with Gasteiger partial charge in [0, 0.05) is 37.1 Å². The van der Waals surface area contributed by atoms with E-state index in [-0.39, 0.29) is 0 Å². The van der Waals surface area contributed by atoms with E-state index in [1.807, 2.05) is 11.3 Å². The first kappa shape index (κ1) is 28.8. The molecule has 0 radical (unpaired) electrons. The minimum Gasteiger partial charge on any atom is -0.310 e. The Bertz CT molecular complexity index is 2880. The Morgan fingerprint density at radius 2 is 0.940 bits per heavy atom. The fourth-order valence-corrected chi connectivity index (χ4v) is 8.72. The van der Waals surface area contributed by atoms with Crippen LogP contribution in [0.2, 0.25) is 0 Å². The zero-order chi connectivity index (χ0) is 33.0. The van der Waals surface area contributed by atoms with Crippen molar-refractivity contribution in [2.75, 3.05) is 4.90 Å². The summed E-state index contributed by atoms with van der Waals surface area (Å²) in [4.78, 5) is 2.43. The van der Waals surface area contributed by atoms with E-state index >= 15 is 0 Å². The lowest BCUT2D eigenvalue weighted by Crippen LogP contribution is -2.11. The van der Waals surface area contributed by atoms with Crippen LogP contribution in [0.3, 0.4) is 0 Å². The van der Waals surface area contributed by atoms with Gasteiger partial charge in [-0.25, -0.2) is 0 Å². The molecule has 0 fully saturated rings. The lowest BCUT2D eigenvalue weighted by atomic mass is 9.93. The molecule has 10 aromatic rings. The number of hydrogen-bond donors (Lipinski definition) is 0. The smallest absolute Gasteiger partial charge is 0.0540 e. The summed E-state index contributed by atoms with van der Waals surface area (Å²) in [5.41, 5.74) is 8.25. The fraction of sp³-hybridized carbons (Fsp3) is 0. The molecule has 1 heterocycles. The molecule has 50 heavy (non-hydrogen) atoms. The molecule has 9 aromatic carbocycles. The van der Waals surface area contributed by atoms with Gasteiger partial charge in [-0.1, -0.05) is 133 Å². The molecule has 0 aliphatic heterocycles. The van der Waals surface area contributed by atoms with Crippen LogP contribution in [0, 0.1) is 0 Å². The maximum absolute atomic E-state index is 2.43. The Balaban J connectivity index is 1.17. The first-order valence-electron chi connectivity index (χ1n) is 17.1. The number of rotatable bonds is 5. The van der Waals surface area contributed by atoms with Crippen LogP contribution in [0.25, 0.3) is 74.7 Å². The Kier molecular flexibility index (Phi) is 6.75. The van der Waals surface area contributed by atoms with Crippen molar-refractivity contribution in [2.24, 2.45) is 0 Å². The summed E-state index contributed by atoms with van der Waals surface area (Å²) >= 11 is 1.86. The number of fused-ring (bicyclic) bond motifs is 7. The van der Waals surface area contributed by atoms with Crippen molar-refractivity contribution in [2.45, 2.75) is 0 Å². The predicted octanol–water partition coefficient (Wildman–Crippen LogP) is 14.3. The van der Waals surface area contributed by atoms with Gasteiger partial charge >= 0.3 is 0 Å². The third-order valence-electron chi connectivity index (χ3n) is 10.0. The van der Waals surface area contributed by atoms with Crippen LogP contribution in [0.5, 0.6) is 0 Å². The second-order valence-corrected chi connectivity index (χ2v) is 14.0. The standard InChI is InChI=1S/C48H31NS/c1-2-12-34-29-36(22-21-32(34)11-1)40-15-7-9-19-46(40)49(38-27-28-48-45(31-38)43-18-8-10-20-47(43)50-48)37-25-23-33(24-26-37)44-30-35-13-3-4-14-39(35)41-16-5-6-17-42(41)44/h1-31H. The van der Waals surface area contributed by atoms with Crippen LogP contribution in [0.15, 0.2) is 188 Å². The molecule has 0 aliphatic rings. The lowest BCUT2D eigenvalue weighted by Gasteiger charge is -2.28. The molecular formula is C48H31NS. The summed E-state index contributed by atoms with van der Waals surface area (Å²) in [5.74, 6) is 0. The Hall–Kier alpha value is -6.22. The van der Waals surface area contributed by atoms with E-state index in [0.29, 0.717) is 0 Å². The monoisotopic (exact) mass is 653 g/mol. The average molecular weight is 654 g/mol. The van der Waals surface area contributed by atoms with Crippen LogP contribution in [0.4, 0.5) is 17.1 Å². The highest BCUT2D eigenvalue weighted by molar-refractivity contribution is 7.25. The van der Waals surface area contributed by atoms with E-state index < -0.39 is 0 Å². The summed E-state index contributed by atoms with van der Waals surface area (Å²) < 4.78 is 2.62. The molecule has 234 valence electrons. The van der Waals surface area contributed by atoms with E-state index in [1.54, 1.807) is 0 Å². The number of para-hydroxylation sites is 1. The van der Waals surface area contributed by atoms with Gasteiger partial charge in [-0.2, -0.15) is 0 Å². The predicted molar refractivity (Wildman–Crippen MR) is 217 cm³/mol. The van der Waals surface area contributed by atoms with E-state index in [9.17, 15) is 0 Å². The number of thiophene rings is 1. The Morgan fingerprint density at radius 1 is 0.320 bits per heavy atom.